The molecule has 0 spiro atoms. The molecule has 0 heterocycles. The van der Waals surface area contributed by atoms with Gasteiger partial charge in [-0.2, -0.15) is 0 Å². The topological polar surface area (TPSA) is 35.2 Å². The summed E-state index contributed by atoms with van der Waals surface area (Å²) in [4.78, 5) is 0. The summed E-state index contributed by atoms with van der Waals surface area (Å²) in [6.07, 6.45) is 0. The van der Waals surface area contributed by atoms with Gasteiger partial charge in [0.2, 0.25) is 0 Å². The SMILES string of the molecule is COc1cccc(I)c1[C@@H](C)N. The molecule has 1 atom stereocenters. The Labute approximate surface area is 86.2 Å². The average molecular weight is 277 g/mol. The molecule has 1 aromatic carbocycles. The molecule has 0 bridgehead atoms. The van der Waals surface area contributed by atoms with Crippen molar-refractivity contribution in [1.82, 2.24) is 0 Å². The zero-order valence-corrected chi connectivity index (χ0v) is 9.33. The summed E-state index contributed by atoms with van der Waals surface area (Å²) in [5, 5.41) is 0. The second-order valence-corrected chi connectivity index (χ2v) is 3.81. The molecule has 0 saturated heterocycles. The minimum atomic E-state index is 0.0213. The Morgan fingerprint density at radius 3 is 2.58 bits per heavy atom. The van der Waals surface area contributed by atoms with Gasteiger partial charge in [-0.15, -0.1) is 0 Å². The van der Waals surface area contributed by atoms with E-state index >= 15 is 0 Å². The first-order valence-electron chi connectivity index (χ1n) is 3.74. The zero-order chi connectivity index (χ0) is 9.14. The zero-order valence-electron chi connectivity index (χ0n) is 7.17. The molecule has 1 aromatic rings. The summed E-state index contributed by atoms with van der Waals surface area (Å²) in [5.74, 6) is 0.872. The van der Waals surface area contributed by atoms with E-state index in [0.29, 0.717) is 0 Å². The van der Waals surface area contributed by atoms with Crippen LogP contribution >= 0.6 is 22.6 Å². The van der Waals surface area contributed by atoms with Gasteiger partial charge < -0.3 is 10.5 Å². The Kier molecular flexibility index (Phi) is 3.34. The normalized spacial score (nSPS) is 12.7. The van der Waals surface area contributed by atoms with Crippen LogP contribution in [-0.2, 0) is 0 Å². The summed E-state index contributed by atoms with van der Waals surface area (Å²) < 4.78 is 6.36. The van der Waals surface area contributed by atoms with Gasteiger partial charge in [-0.25, -0.2) is 0 Å². The number of hydrogen-bond acceptors (Lipinski definition) is 2. The molecule has 0 amide bonds. The molecule has 0 saturated carbocycles. The van der Waals surface area contributed by atoms with Gasteiger partial charge in [0, 0.05) is 15.2 Å². The fraction of sp³-hybridized carbons (Fsp3) is 0.333. The lowest BCUT2D eigenvalue weighted by Crippen LogP contribution is -2.08. The van der Waals surface area contributed by atoms with Crippen molar-refractivity contribution in [2.45, 2.75) is 13.0 Å². The maximum atomic E-state index is 5.81. The van der Waals surface area contributed by atoms with Crippen LogP contribution < -0.4 is 10.5 Å². The third kappa shape index (κ3) is 1.90. The average Bonchev–Trinajstić information content (AvgIpc) is 2.03. The van der Waals surface area contributed by atoms with E-state index in [4.69, 9.17) is 10.5 Å². The monoisotopic (exact) mass is 277 g/mol. The molecular weight excluding hydrogens is 265 g/mol. The summed E-state index contributed by atoms with van der Waals surface area (Å²) >= 11 is 2.26. The Morgan fingerprint density at radius 1 is 1.50 bits per heavy atom. The van der Waals surface area contributed by atoms with Crippen molar-refractivity contribution in [3.8, 4) is 5.75 Å². The molecule has 1 rings (SSSR count). The van der Waals surface area contributed by atoms with Crippen LogP contribution in [0, 0.1) is 3.57 Å². The minimum Gasteiger partial charge on any atom is -0.496 e. The van der Waals surface area contributed by atoms with Crippen molar-refractivity contribution in [2.24, 2.45) is 5.73 Å². The number of ether oxygens (including phenoxy) is 1. The molecule has 66 valence electrons. The highest BCUT2D eigenvalue weighted by atomic mass is 127. The molecule has 12 heavy (non-hydrogen) atoms. The lowest BCUT2D eigenvalue weighted by molar-refractivity contribution is 0.406. The van der Waals surface area contributed by atoms with Crippen LogP contribution in [0.4, 0.5) is 0 Å². The number of benzene rings is 1. The maximum Gasteiger partial charge on any atom is 0.124 e. The Balaban J connectivity index is 3.20. The number of nitrogens with two attached hydrogens (primary N) is 1. The van der Waals surface area contributed by atoms with E-state index in [1.165, 1.54) is 0 Å². The van der Waals surface area contributed by atoms with Gasteiger partial charge in [-0.1, -0.05) is 6.07 Å². The number of halogens is 1. The van der Waals surface area contributed by atoms with Crippen LogP contribution in [0.1, 0.15) is 18.5 Å². The van der Waals surface area contributed by atoms with Gasteiger partial charge in [0.15, 0.2) is 0 Å². The van der Waals surface area contributed by atoms with Crippen molar-refractivity contribution < 1.29 is 4.74 Å². The van der Waals surface area contributed by atoms with Gasteiger partial charge in [0.1, 0.15) is 5.75 Å². The van der Waals surface area contributed by atoms with E-state index < -0.39 is 0 Å². The highest BCUT2D eigenvalue weighted by molar-refractivity contribution is 14.1. The van der Waals surface area contributed by atoms with E-state index in [2.05, 4.69) is 22.6 Å². The van der Waals surface area contributed by atoms with E-state index in [-0.39, 0.29) is 6.04 Å². The third-order valence-corrected chi connectivity index (χ3v) is 2.63. The van der Waals surface area contributed by atoms with E-state index in [1.807, 2.05) is 25.1 Å². The molecule has 0 unspecified atom stereocenters. The first-order valence-corrected chi connectivity index (χ1v) is 4.82. The van der Waals surface area contributed by atoms with Crippen molar-refractivity contribution in [3.05, 3.63) is 27.3 Å². The lowest BCUT2D eigenvalue weighted by Gasteiger charge is -2.12. The van der Waals surface area contributed by atoms with Gasteiger partial charge in [-0.3, -0.25) is 0 Å². The van der Waals surface area contributed by atoms with Crippen LogP contribution in [0.15, 0.2) is 18.2 Å². The highest BCUT2D eigenvalue weighted by Crippen LogP contribution is 2.27. The molecule has 2 N–H and O–H groups in total. The smallest absolute Gasteiger partial charge is 0.124 e. The largest absolute Gasteiger partial charge is 0.496 e. The van der Waals surface area contributed by atoms with Crippen LogP contribution in [0.2, 0.25) is 0 Å². The van der Waals surface area contributed by atoms with Crippen LogP contribution in [0.25, 0.3) is 0 Å². The molecule has 3 heteroatoms. The van der Waals surface area contributed by atoms with E-state index in [1.54, 1.807) is 7.11 Å². The van der Waals surface area contributed by atoms with E-state index in [9.17, 15) is 0 Å². The van der Waals surface area contributed by atoms with Gasteiger partial charge in [-0.05, 0) is 41.6 Å². The molecule has 0 aromatic heterocycles. The predicted molar refractivity (Wildman–Crippen MR) is 58.3 cm³/mol. The first kappa shape index (κ1) is 9.80. The van der Waals surface area contributed by atoms with Crippen molar-refractivity contribution >= 4 is 22.6 Å². The number of hydrogen-bond donors (Lipinski definition) is 1. The van der Waals surface area contributed by atoms with Crippen LogP contribution in [-0.4, -0.2) is 7.11 Å². The molecule has 0 radical (unpaired) electrons. The fourth-order valence-electron chi connectivity index (χ4n) is 1.14. The Bertz CT molecular complexity index is 273. The Hall–Kier alpha value is -0.290. The third-order valence-electron chi connectivity index (χ3n) is 1.69. The standard InChI is InChI=1S/C9H12INO/c1-6(11)9-7(10)4-3-5-8(9)12-2/h3-6H,11H2,1-2H3/t6-/m1/s1. The molecule has 0 aliphatic carbocycles. The molecule has 2 nitrogen and oxygen atoms in total. The molecular formula is C9H12INO. The number of methoxy groups -OCH3 is 1. The summed E-state index contributed by atoms with van der Waals surface area (Å²) in [6, 6.07) is 5.95. The first-order chi connectivity index (χ1) is 5.66. The second-order valence-electron chi connectivity index (χ2n) is 2.64. The van der Waals surface area contributed by atoms with Crippen molar-refractivity contribution in [1.29, 1.82) is 0 Å². The molecule has 0 fully saturated rings. The van der Waals surface area contributed by atoms with Gasteiger partial charge >= 0.3 is 0 Å². The second kappa shape index (κ2) is 4.09. The summed E-state index contributed by atoms with van der Waals surface area (Å²) in [7, 11) is 1.66. The van der Waals surface area contributed by atoms with Crippen LogP contribution in [0.5, 0.6) is 5.75 Å². The van der Waals surface area contributed by atoms with Gasteiger partial charge in [0.25, 0.3) is 0 Å². The molecule has 0 aliphatic heterocycles. The summed E-state index contributed by atoms with van der Waals surface area (Å²) in [6.45, 7) is 1.96. The maximum absolute atomic E-state index is 5.81. The van der Waals surface area contributed by atoms with Crippen molar-refractivity contribution in [3.63, 3.8) is 0 Å². The fourth-order valence-corrected chi connectivity index (χ4v) is 2.10. The minimum absolute atomic E-state index is 0.0213. The number of rotatable bonds is 2. The van der Waals surface area contributed by atoms with Crippen molar-refractivity contribution in [2.75, 3.05) is 7.11 Å². The molecule has 0 aliphatic rings. The highest BCUT2D eigenvalue weighted by Gasteiger charge is 2.10. The van der Waals surface area contributed by atoms with Gasteiger partial charge in [0.05, 0.1) is 7.11 Å². The van der Waals surface area contributed by atoms with Crippen LogP contribution in [0.3, 0.4) is 0 Å². The quantitative estimate of drug-likeness (QED) is 0.842. The van der Waals surface area contributed by atoms with E-state index in [0.717, 1.165) is 14.9 Å². The Morgan fingerprint density at radius 2 is 2.17 bits per heavy atom. The predicted octanol–water partition coefficient (Wildman–Crippen LogP) is 2.32. The lowest BCUT2D eigenvalue weighted by atomic mass is 10.1. The summed E-state index contributed by atoms with van der Waals surface area (Å²) in [5.41, 5.74) is 6.89.